The second-order valence-electron chi connectivity index (χ2n) is 9.91. The molecule has 0 saturated heterocycles. The third-order valence-electron chi connectivity index (χ3n) is 5.52. The Bertz CT molecular complexity index is 763. The van der Waals surface area contributed by atoms with Crippen molar-refractivity contribution in [3.63, 3.8) is 0 Å². The Kier molecular flexibility index (Phi) is 5.71. The summed E-state index contributed by atoms with van der Waals surface area (Å²) in [5.74, 6) is 0.592. The lowest BCUT2D eigenvalue weighted by atomic mass is 9.78. The SMILES string of the molecule is CCC(c1cc(C)c(C(C)(C)C)cc1O)c1cc(C)c(C(C)(C)C)cc1O. The third kappa shape index (κ3) is 4.31. The van der Waals surface area contributed by atoms with E-state index in [1.54, 1.807) is 0 Å². The van der Waals surface area contributed by atoms with Crippen molar-refractivity contribution >= 4 is 0 Å². The van der Waals surface area contributed by atoms with Crippen LogP contribution >= 0.6 is 0 Å². The zero-order chi connectivity index (χ0) is 20.7. The summed E-state index contributed by atoms with van der Waals surface area (Å²) in [6, 6.07) is 7.99. The van der Waals surface area contributed by atoms with Crippen molar-refractivity contribution in [2.45, 2.75) is 85.5 Å². The summed E-state index contributed by atoms with van der Waals surface area (Å²) in [7, 11) is 0. The number of aryl methyl sites for hydroxylation is 2. The molecule has 0 aliphatic heterocycles. The summed E-state index contributed by atoms with van der Waals surface area (Å²) in [6.07, 6.45) is 0.809. The van der Waals surface area contributed by atoms with Crippen LogP contribution in [0.25, 0.3) is 0 Å². The maximum absolute atomic E-state index is 10.8. The van der Waals surface area contributed by atoms with E-state index in [0.717, 1.165) is 28.7 Å². The standard InChI is InChI=1S/C25H36O2/c1-10-17(18-11-15(2)20(13-22(18)26)24(4,5)6)19-12-16(3)21(14-23(19)27)25(7,8)9/h11-14,17,26-27H,10H2,1-9H3. The molecule has 0 saturated carbocycles. The van der Waals surface area contributed by atoms with Crippen LogP contribution in [0.2, 0.25) is 0 Å². The molecule has 27 heavy (non-hydrogen) atoms. The van der Waals surface area contributed by atoms with Gasteiger partial charge in [-0.05, 0) is 65.5 Å². The highest BCUT2D eigenvalue weighted by Gasteiger charge is 2.26. The molecule has 0 fully saturated rings. The van der Waals surface area contributed by atoms with Crippen LogP contribution in [0.4, 0.5) is 0 Å². The highest BCUT2D eigenvalue weighted by atomic mass is 16.3. The Morgan fingerprint density at radius 2 is 1.04 bits per heavy atom. The molecule has 0 spiro atoms. The second kappa shape index (κ2) is 7.22. The van der Waals surface area contributed by atoms with Gasteiger partial charge in [-0.2, -0.15) is 0 Å². The van der Waals surface area contributed by atoms with Crippen molar-refractivity contribution in [1.29, 1.82) is 0 Å². The molecule has 0 radical (unpaired) electrons. The van der Waals surface area contributed by atoms with E-state index in [1.807, 2.05) is 12.1 Å². The van der Waals surface area contributed by atoms with Gasteiger partial charge in [-0.3, -0.25) is 0 Å². The second-order valence-corrected chi connectivity index (χ2v) is 9.91. The van der Waals surface area contributed by atoms with E-state index in [2.05, 4.69) is 74.4 Å². The topological polar surface area (TPSA) is 40.5 Å². The molecule has 2 nitrogen and oxygen atoms in total. The first-order valence-electron chi connectivity index (χ1n) is 9.95. The number of hydrogen-bond acceptors (Lipinski definition) is 2. The first kappa shape index (κ1) is 21.3. The van der Waals surface area contributed by atoms with E-state index in [0.29, 0.717) is 11.5 Å². The van der Waals surface area contributed by atoms with Crippen LogP contribution in [-0.4, -0.2) is 10.2 Å². The maximum atomic E-state index is 10.8. The van der Waals surface area contributed by atoms with Gasteiger partial charge in [-0.15, -0.1) is 0 Å². The predicted molar refractivity (Wildman–Crippen MR) is 115 cm³/mol. The Labute approximate surface area is 165 Å². The van der Waals surface area contributed by atoms with Crippen LogP contribution in [0.15, 0.2) is 24.3 Å². The highest BCUT2D eigenvalue weighted by molar-refractivity contribution is 5.53. The minimum absolute atomic E-state index is 0.0190. The van der Waals surface area contributed by atoms with E-state index in [4.69, 9.17) is 0 Å². The molecule has 0 bridgehead atoms. The van der Waals surface area contributed by atoms with Gasteiger partial charge in [0.25, 0.3) is 0 Å². The highest BCUT2D eigenvalue weighted by Crippen LogP contribution is 2.42. The quantitative estimate of drug-likeness (QED) is 0.622. The van der Waals surface area contributed by atoms with Gasteiger partial charge >= 0.3 is 0 Å². The van der Waals surface area contributed by atoms with Gasteiger partial charge in [0.15, 0.2) is 0 Å². The van der Waals surface area contributed by atoms with Crippen LogP contribution in [-0.2, 0) is 10.8 Å². The minimum atomic E-state index is -0.0366. The first-order chi connectivity index (χ1) is 12.3. The molecule has 2 aromatic carbocycles. The van der Waals surface area contributed by atoms with E-state index >= 15 is 0 Å². The zero-order valence-electron chi connectivity index (χ0n) is 18.5. The molecular weight excluding hydrogens is 332 g/mol. The maximum Gasteiger partial charge on any atom is 0.119 e. The number of hydrogen-bond donors (Lipinski definition) is 2. The van der Waals surface area contributed by atoms with Crippen LogP contribution in [0.3, 0.4) is 0 Å². The predicted octanol–water partition coefficient (Wildman–Crippen LogP) is 6.85. The average molecular weight is 369 g/mol. The fourth-order valence-corrected chi connectivity index (χ4v) is 4.22. The number of phenolic OH excluding ortho intramolecular Hbond substituents is 2. The summed E-state index contributed by atoms with van der Waals surface area (Å²) < 4.78 is 0. The molecule has 2 aromatic rings. The molecule has 2 heteroatoms. The normalized spacial score (nSPS) is 12.7. The van der Waals surface area contributed by atoms with E-state index in [-0.39, 0.29) is 16.7 Å². The molecule has 0 unspecified atom stereocenters. The van der Waals surface area contributed by atoms with Crippen molar-refractivity contribution in [1.82, 2.24) is 0 Å². The lowest BCUT2D eigenvalue weighted by Crippen LogP contribution is -2.15. The average Bonchev–Trinajstić information content (AvgIpc) is 2.51. The van der Waals surface area contributed by atoms with E-state index in [1.165, 1.54) is 11.1 Å². The Balaban J connectivity index is 2.62. The van der Waals surface area contributed by atoms with Gasteiger partial charge in [0.05, 0.1) is 0 Å². The molecule has 2 N–H and O–H groups in total. The molecule has 0 amide bonds. The first-order valence-corrected chi connectivity index (χ1v) is 9.95. The van der Waals surface area contributed by atoms with E-state index < -0.39 is 0 Å². The van der Waals surface area contributed by atoms with Gasteiger partial charge in [-0.1, -0.05) is 60.6 Å². The smallest absolute Gasteiger partial charge is 0.119 e. The summed E-state index contributed by atoms with van der Waals surface area (Å²) in [5.41, 5.74) is 6.41. The van der Waals surface area contributed by atoms with Crippen molar-refractivity contribution in [3.05, 3.63) is 57.6 Å². The lowest BCUT2D eigenvalue weighted by molar-refractivity contribution is 0.448. The third-order valence-corrected chi connectivity index (χ3v) is 5.52. The molecule has 0 aliphatic carbocycles. The van der Waals surface area contributed by atoms with Gasteiger partial charge in [-0.25, -0.2) is 0 Å². The van der Waals surface area contributed by atoms with Crippen molar-refractivity contribution < 1.29 is 10.2 Å². The monoisotopic (exact) mass is 368 g/mol. The molecule has 148 valence electrons. The molecule has 0 aromatic heterocycles. The lowest BCUT2D eigenvalue weighted by Gasteiger charge is -2.27. The largest absolute Gasteiger partial charge is 0.508 e. The van der Waals surface area contributed by atoms with Crippen LogP contribution in [0, 0.1) is 13.8 Å². The van der Waals surface area contributed by atoms with Crippen molar-refractivity contribution in [2.75, 3.05) is 0 Å². The number of benzene rings is 2. The van der Waals surface area contributed by atoms with Gasteiger partial charge < -0.3 is 10.2 Å². The van der Waals surface area contributed by atoms with Crippen LogP contribution in [0.1, 0.15) is 94.2 Å². The molecule has 0 heterocycles. The molecular formula is C25H36O2. The molecule has 0 atom stereocenters. The van der Waals surface area contributed by atoms with Crippen molar-refractivity contribution in [3.8, 4) is 11.5 Å². The van der Waals surface area contributed by atoms with Gasteiger partial charge in [0.1, 0.15) is 11.5 Å². The Morgan fingerprint density at radius 1 is 0.704 bits per heavy atom. The minimum Gasteiger partial charge on any atom is -0.508 e. The summed E-state index contributed by atoms with van der Waals surface area (Å²) in [4.78, 5) is 0. The van der Waals surface area contributed by atoms with Crippen molar-refractivity contribution in [2.24, 2.45) is 0 Å². The Morgan fingerprint density at radius 3 is 1.30 bits per heavy atom. The molecule has 2 rings (SSSR count). The fourth-order valence-electron chi connectivity index (χ4n) is 4.22. The number of rotatable bonds is 3. The summed E-state index contributed by atoms with van der Waals surface area (Å²) in [5, 5.41) is 21.6. The van der Waals surface area contributed by atoms with Gasteiger partial charge in [0, 0.05) is 17.0 Å². The van der Waals surface area contributed by atoms with Crippen LogP contribution in [0.5, 0.6) is 11.5 Å². The van der Waals surface area contributed by atoms with E-state index in [9.17, 15) is 10.2 Å². The summed E-state index contributed by atoms with van der Waals surface area (Å²) >= 11 is 0. The Hall–Kier alpha value is -1.96. The summed E-state index contributed by atoms with van der Waals surface area (Å²) in [6.45, 7) is 19.3. The fraction of sp³-hybridized carbons (Fsp3) is 0.520. The zero-order valence-corrected chi connectivity index (χ0v) is 18.5. The molecule has 0 aliphatic rings. The van der Waals surface area contributed by atoms with Crippen LogP contribution < -0.4 is 0 Å². The number of aromatic hydroxyl groups is 2. The van der Waals surface area contributed by atoms with Gasteiger partial charge in [0.2, 0.25) is 0 Å². The number of phenols is 2.